The van der Waals surface area contributed by atoms with Crippen molar-refractivity contribution in [3.63, 3.8) is 0 Å². The second-order valence-corrected chi connectivity index (χ2v) is 5.70. The maximum atomic E-state index is 5.62. The summed E-state index contributed by atoms with van der Waals surface area (Å²) in [6.07, 6.45) is 11.4. The highest BCUT2D eigenvalue weighted by Gasteiger charge is 2.40. The maximum absolute atomic E-state index is 5.62. The topological polar surface area (TPSA) is 21.3 Å². The summed E-state index contributed by atoms with van der Waals surface area (Å²) >= 11 is 0. The van der Waals surface area contributed by atoms with Gasteiger partial charge in [0, 0.05) is 13.2 Å². The molecule has 1 atom stereocenters. The van der Waals surface area contributed by atoms with Crippen LogP contribution in [0.25, 0.3) is 0 Å². The Kier molecular flexibility index (Phi) is 4.66. The number of hydrogen-bond acceptors (Lipinski definition) is 2. The summed E-state index contributed by atoms with van der Waals surface area (Å²) in [4.78, 5) is 0. The second-order valence-electron chi connectivity index (χ2n) is 5.70. The van der Waals surface area contributed by atoms with Gasteiger partial charge in [0.15, 0.2) is 0 Å². The van der Waals surface area contributed by atoms with Gasteiger partial charge in [0.1, 0.15) is 0 Å². The van der Waals surface area contributed by atoms with Crippen molar-refractivity contribution in [2.24, 2.45) is 5.41 Å². The highest BCUT2D eigenvalue weighted by Crippen LogP contribution is 2.48. The van der Waals surface area contributed by atoms with Gasteiger partial charge in [-0.25, -0.2) is 0 Å². The van der Waals surface area contributed by atoms with E-state index < -0.39 is 0 Å². The van der Waals surface area contributed by atoms with E-state index in [2.05, 4.69) is 12.2 Å². The standard InChI is InChI=1S/C14H27NO/c1-2-7-14(8-9-14)12-15-10-3-5-13-6-4-11-16-13/h13,15H,2-12H2,1H3. The molecule has 2 nitrogen and oxygen atoms in total. The summed E-state index contributed by atoms with van der Waals surface area (Å²) in [6.45, 7) is 5.74. The molecule has 16 heavy (non-hydrogen) atoms. The van der Waals surface area contributed by atoms with Crippen LogP contribution in [0.4, 0.5) is 0 Å². The maximum Gasteiger partial charge on any atom is 0.0576 e. The van der Waals surface area contributed by atoms with Gasteiger partial charge >= 0.3 is 0 Å². The molecule has 0 aromatic rings. The molecule has 0 spiro atoms. The second kappa shape index (κ2) is 6.02. The summed E-state index contributed by atoms with van der Waals surface area (Å²) < 4.78 is 5.62. The average molecular weight is 225 g/mol. The van der Waals surface area contributed by atoms with Gasteiger partial charge in [-0.3, -0.25) is 0 Å². The molecule has 0 radical (unpaired) electrons. The van der Waals surface area contributed by atoms with E-state index in [9.17, 15) is 0 Å². The molecule has 0 amide bonds. The van der Waals surface area contributed by atoms with E-state index in [-0.39, 0.29) is 0 Å². The summed E-state index contributed by atoms with van der Waals surface area (Å²) in [7, 11) is 0. The van der Waals surface area contributed by atoms with Gasteiger partial charge in [-0.2, -0.15) is 0 Å². The lowest BCUT2D eigenvalue weighted by Gasteiger charge is -2.15. The van der Waals surface area contributed by atoms with E-state index in [1.807, 2.05) is 0 Å². The Morgan fingerprint density at radius 3 is 2.88 bits per heavy atom. The highest BCUT2D eigenvalue weighted by atomic mass is 16.5. The van der Waals surface area contributed by atoms with Crippen molar-refractivity contribution in [2.45, 2.75) is 64.4 Å². The highest BCUT2D eigenvalue weighted by molar-refractivity contribution is 4.94. The fourth-order valence-corrected chi connectivity index (χ4v) is 2.90. The van der Waals surface area contributed by atoms with Gasteiger partial charge in [-0.1, -0.05) is 13.3 Å². The van der Waals surface area contributed by atoms with Crippen molar-refractivity contribution in [1.29, 1.82) is 0 Å². The van der Waals surface area contributed by atoms with Crippen LogP contribution >= 0.6 is 0 Å². The summed E-state index contributed by atoms with van der Waals surface area (Å²) in [6, 6.07) is 0. The lowest BCUT2D eigenvalue weighted by molar-refractivity contribution is 0.102. The molecular formula is C14H27NO. The average Bonchev–Trinajstić information content (AvgIpc) is 2.85. The largest absolute Gasteiger partial charge is 0.378 e. The molecule has 0 aromatic heterocycles. The van der Waals surface area contributed by atoms with Crippen molar-refractivity contribution in [1.82, 2.24) is 5.32 Å². The number of nitrogens with one attached hydrogen (secondary N) is 1. The first-order valence-electron chi connectivity index (χ1n) is 7.17. The molecule has 1 heterocycles. The Balaban J connectivity index is 1.45. The molecule has 1 aliphatic carbocycles. The van der Waals surface area contributed by atoms with E-state index in [1.165, 1.54) is 64.5 Å². The molecule has 0 bridgehead atoms. The number of ether oxygens (including phenoxy) is 1. The fourth-order valence-electron chi connectivity index (χ4n) is 2.90. The van der Waals surface area contributed by atoms with E-state index in [0.717, 1.165) is 6.61 Å². The smallest absolute Gasteiger partial charge is 0.0576 e. The molecule has 2 aliphatic rings. The first-order chi connectivity index (χ1) is 7.85. The van der Waals surface area contributed by atoms with Crippen molar-refractivity contribution >= 4 is 0 Å². The monoisotopic (exact) mass is 225 g/mol. The van der Waals surface area contributed by atoms with E-state index in [1.54, 1.807) is 0 Å². The van der Waals surface area contributed by atoms with Crippen LogP contribution < -0.4 is 5.32 Å². The molecule has 94 valence electrons. The third-order valence-corrected chi connectivity index (χ3v) is 4.14. The number of hydrogen-bond donors (Lipinski definition) is 1. The van der Waals surface area contributed by atoms with Gasteiger partial charge in [0.05, 0.1) is 6.10 Å². The Bertz CT molecular complexity index is 195. The third kappa shape index (κ3) is 3.74. The fraction of sp³-hybridized carbons (Fsp3) is 1.00. The van der Waals surface area contributed by atoms with Crippen molar-refractivity contribution in [3.8, 4) is 0 Å². The molecule has 1 aliphatic heterocycles. The van der Waals surface area contributed by atoms with Crippen molar-refractivity contribution < 1.29 is 4.74 Å². The van der Waals surface area contributed by atoms with Crippen LogP contribution in [0.3, 0.4) is 0 Å². The first-order valence-corrected chi connectivity index (χ1v) is 7.17. The predicted octanol–water partition coefficient (Wildman–Crippen LogP) is 3.12. The summed E-state index contributed by atoms with van der Waals surface area (Å²) in [5.74, 6) is 0. The third-order valence-electron chi connectivity index (χ3n) is 4.14. The Morgan fingerprint density at radius 2 is 2.25 bits per heavy atom. The molecule has 1 unspecified atom stereocenters. The van der Waals surface area contributed by atoms with Crippen molar-refractivity contribution in [3.05, 3.63) is 0 Å². The van der Waals surface area contributed by atoms with Crippen molar-refractivity contribution in [2.75, 3.05) is 19.7 Å². The van der Waals surface area contributed by atoms with Gasteiger partial charge < -0.3 is 10.1 Å². The van der Waals surface area contributed by atoms with E-state index >= 15 is 0 Å². The van der Waals surface area contributed by atoms with E-state index in [0.29, 0.717) is 11.5 Å². The van der Waals surface area contributed by atoms with Crippen LogP contribution in [-0.2, 0) is 4.74 Å². The summed E-state index contributed by atoms with van der Waals surface area (Å²) in [5.41, 5.74) is 0.707. The Morgan fingerprint density at radius 1 is 1.38 bits per heavy atom. The molecule has 2 fully saturated rings. The van der Waals surface area contributed by atoms with Crippen LogP contribution in [0, 0.1) is 5.41 Å². The van der Waals surface area contributed by atoms with Gasteiger partial charge in [0.2, 0.25) is 0 Å². The molecule has 1 N–H and O–H groups in total. The van der Waals surface area contributed by atoms with E-state index in [4.69, 9.17) is 4.74 Å². The zero-order valence-corrected chi connectivity index (χ0v) is 10.8. The lowest BCUT2D eigenvalue weighted by Crippen LogP contribution is -2.25. The molecule has 2 rings (SSSR count). The molecule has 2 heteroatoms. The molecule has 1 saturated carbocycles. The quantitative estimate of drug-likeness (QED) is 0.641. The lowest BCUT2D eigenvalue weighted by atomic mass is 10.0. The Labute approximate surface area is 100 Å². The zero-order chi connectivity index (χ0) is 11.3. The first kappa shape index (κ1) is 12.4. The Hall–Kier alpha value is -0.0800. The molecule has 1 saturated heterocycles. The van der Waals surface area contributed by atoms with Crippen LogP contribution in [0.1, 0.15) is 58.3 Å². The molecular weight excluding hydrogens is 198 g/mol. The number of rotatable bonds is 8. The minimum Gasteiger partial charge on any atom is -0.378 e. The predicted molar refractivity (Wildman–Crippen MR) is 67.7 cm³/mol. The van der Waals surface area contributed by atoms with Gasteiger partial charge in [-0.15, -0.1) is 0 Å². The van der Waals surface area contributed by atoms with Crippen LogP contribution in [0.15, 0.2) is 0 Å². The van der Waals surface area contributed by atoms with Crippen LogP contribution in [0.5, 0.6) is 0 Å². The normalized spacial score (nSPS) is 27.2. The van der Waals surface area contributed by atoms with Crippen LogP contribution in [-0.4, -0.2) is 25.8 Å². The zero-order valence-electron chi connectivity index (χ0n) is 10.8. The van der Waals surface area contributed by atoms with Gasteiger partial charge in [0.25, 0.3) is 0 Å². The van der Waals surface area contributed by atoms with Crippen LogP contribution in [0.2, 0.25) is 0 Å². The SMILES string of the molecule is CCCC1(CNCCCC2CCCO2)CC1. The molecule has 0 aromatic carbocycles. The minimum atomic E-state index is 0.576. The summed E-state index contributed by atoms with van der Waals surface area (Å²) in [5, 5.41) is 3.64. The van der Waals surface area contributed by atoms with Gasteiger partial charge in [-0.05, 0) is 56.9 Å². The minimum absolute atomic E-state index is 0.576.